The molecule has 3 nitrogen and oxygen atoms in total. The second-order valence-electron chi connectivity index (χ2n) is 4.59. The number of rotatable bonds is 6. The van der Waals surface area contributed by atoms with Gasteiger partial charge in [0.2, 0.25) is 0 Å². The van der Waals surface area contributed by atoms with E-state index in [-0.39, 0.29) is 0 Å². The smallest absolute Gasteiger partial charge is 0.0621 e. The van der Waals surface area contributed by atoms with Crippen LogP contribution in [0.1, 0.15) is 38.5 Å². The SMILES string of the molecule is CN(CCCCC#N)C1CCCC1CN. The van der Waals surface area contributed by atoms with Crippen LogP contribution in [0.4, 0.5) is 0 Å². The van der Waals surface area contributed by atoms with Crippen LogP contribution in [0.25, 0.3) is 0 Å². The van der Waals surface area contributed by atoms with Crippen molar-refractivity contribution in [2.45, 2.75) is 44.6 Å². The summed E-state index contributed by atoms with van der Waals surface area (Å²) < 4.78 is 0. The van der Waals surface area contributed by atoms with Gasteiger partial charge in [0, 0.05) is 12.5 Å². The van der Waals surface area contributed by atoms with Crippen molar-refractivity contribution >= 4 is 0 Å². The maximum Gasteiger partial charge on any atom is 0.0621 e. The molecule has 2 unspecified atom stereocenters. The van der Waals surface area contributed by atoms with Gasteiger partial charge in [-0.05, 0) is 51.7 Å². The standard InChI is InChI=1S/C12H23N3/c1-15(9-4-2-3-8-13)12-7-5-6-11(12)10-14/h11-12H,2-7,9-10,14H2,1H3. The zero-order valence-electron chi connectivity index (χ0n) is 9.78. The quantitative estimate of drug-likeness (QED) is 0.678. The second-order valence-corrected chi connectivity index (χ2v) is 4.59. The largest absolute Gasteiger partial charge is 0.330 e. The van der Waals surface area contributed by atoms with Gasteiger partial charge in [-0.2, -0.15) is 5.26 Å². The van der Waals surface area contributed by atoms with Crippen LogP contribution in [0, 0.1) is 17.2 Å². The molecular weight excluding hydrogens is 186 g/mol. The van der Waals surface area contributed by atoms with E-state index in [1.807, 2.05) is 0 Å². The lowest BCUT2D eigenvalue weighted by molar-refractivity contribution is 0.197. The van der Waals surface area contributed by atoms with Gasteiger partial charge in [0.1, 0.15) is 0 Å². The Labute approximate surface area is 93.2 Å². The summed E-state index contributed by atoms with van der Waals surface area (Å²) in [7, 11) is 2.20. The monoisotopic (exact) mass is 209 g/mol. The molecule has 1 rings (SSSR count). The van der Waals surface area contributed by atoms with E-state index in [1.165, 1.54) is 19.3 Å². The van der Waals surface area contributed by atoms with Crippen molar-refractivity contribution in [3.05, 3.63) is 0 Å². The van der Waals surface area contributed by atoms with E-state index in [0.717, 1.165) is 25.9 Å². The molecule has 0 aromatic heterocycles. The lowest BCUT2D eigenvalue weighted by atomic mass is 10.0. The summed E-state index contributed by atoms with van der Waals surface area (Å²) in [5, 5.41) is 8.44. The first-order chi connectivity index (χ1) is 7.29. The predicted octanol–water partition coefficient (Wildman–Crippen LogP) is 1.74. The molecule has 1 saturated carbocycles. The fourth-order valence-corrected chi connectivity index (χ4v) is 2.60. The summed E-state index contributed by atoms with van der Waals surface area (Å²) in [4.78, 5) is 2.45. The molecule has 0 heterocycles. The van der Waals surface area contributed by atoms with Crippen LogP contribution in [0.3, 0.4) is 0 Å². The van der Waals surface area contributed by atoms with Crippen molar-refractivity contribution in [1.29, 1.82) is 5.26 Å². The average molecular weight is 209 g/mol. The Hall–Kier alpha value is -0.590. The Bertz CT molecular complexity index is 209. The van der Waals surface area contributed by atoms with Crippen molar-refractivity contribution in [1.82, 2.24) is 4.90 Å². The lowest BCUT2D eigenvalue weighted by Gasteiger charge is -2.28. The molecule has 0 aromatic carbocycles. The zero-order chi connectivity index (χ0) is 11.1. The maximum absolute atomic E-state index is 8.44. The minimum absolute atomic E-state index is 0.692. The Balaban J connectivity index is 2.21. The van der Waals surface area contributed by atoms with Crippen LogP contribution < -0.4 is 5.73 Å². The van der Waals surface area contributed by atoms with E-state index in [0.29, 0.717) is 18.4 Å². The molecule has 0 aliphatic heterocycles. The number of nitriles is 1. The number of hydrogen-bond donors (Lipinski definition) is 1. The third kappa shape index (κ3) is 3.81. The van der Waals surface area contributed by atoms with Gasteiger partial charge in [0.25, 0.3) is 0 Å². The molecule has 0 aromatic rings. The molecule has 0 amide bonds. The lowest BCUT2D eigenvalue weighted by Crippen LogP contribution is -2.38. The van der Waals surface area contributed by atoms with Gasteiger partial charge in [-0.15, -0.1) is 0 Å². The first-order valence-electron chi connectivity index (χ1n) is 6.07. The number of hydrogen-bond acceptors (Lipinski definition) is 3. The fourth-order valence-electron chi connectivity index (χ4n) is 2.60. The molecule has 0 saturated heterocycles. The van der Waals surface area contributed by atoms with E-state index < -0.39 is 0 Å². The van der Waals surface area contributed by atoms with Gasteiger partial charge < -0.3 is 10.6 Å². The Morgan fingerprint density at radius 2 is 2.20 bits per heavy atom. The molecule has 0 radical (unpaired) electrons. The molecule has 1 aliphatic carbocycles. The van der Waals surface area contributed by atoms with Crippen molar-refractivity contribution in [3.8, 4) is 6.07 Å². The van der Waals surface area contributed by atoms with Crippen molar-refractivity contribution in [2.75, 3.05) is 20.1 Å². The highest BCUT2D eigenvalue weighted by molar-refractivity contribution is 4.84. The molecule has 0 spiro atoms. The summed E-state index contributed by atoms with van der Waals surface area (Å²) >= 11 is 0. The van der Waals surface area contributed by atoms with Crippen LogP contribution in [-0.2, 0) is 0 Å². The summed E-state index contributed by atoms with van der Waals surface area (Å²) in [6.07, 6.45) is 6.78. The minimum atomic E-state index is 0.692. The highest BCUT2D eigenvalue weighted by Crippen LogP contribution is 2.28. The summed E-state index contributed by atoms with van der Waals surface area (Å²) in [5.74, 6) is 0.700. The van der Waals surface area contributed by atoms with Crippen LogP contribution in [0.15, 0.2) is 0 Å². The van der Waals surface area contributed by atoms with Crippen LogP contribution in [0.5, 0.6) is 0 Å². The molecule has 2 N–H and O–H groups in total. The van der Waals surface area contributed by atoms with Crippen molar-refractivity contribution < 1.29 is 0 Å². The van der Waals surface area contributed by atoms with E-state index >= 15 is 0 Å². The second kappa shape index (κ2) is 6.81. The first kappa shape index (κ1) is 12.5. The van der Waals surface area contributed by atoms with Crippen LogP contribution in [0.2, 0.25) is 0 Å². The molecule has 15 heavy (non-hydrogen) atoms. The highest BCUT2D eigenvalue weighted by atomic mass is 15.1. The number of unbranched alkanes of at least 4 members (excludes halogenated alkanes) is 2. The Kier molecular flexibility index (Phi) is 5.67. The fraction of sp³-hybridized carbons (Fsp3) is 0.917. The van der Waals surface area contributed by atoms with Crippen LogP contribution in [-0.4, -0.2) is 31.1 Å². The molecule has 3 heteroatoms. The van der Waals surface area contributed by atoms with Crippen LogP contribution >= 0.6 is 0 Å². The molecule has 86 valence electrons. The molecule has 1 aliphatic rings. The van der Waals surface area contributed by atoms with E-state index in [4.69, 9.17) is 11.0 Å². The third-order valence-corrected chi connectivity index (χ3v) is 3.54. The van der Waals surface area contributed by atoms with E-state index in [2.05, 4.69) is 18.0 Å². The van der Waals surface area contributed by atoms with E-state index in [9.17, 15) is 0 Å². The van der Waals surface area contributed by atoms with Crippen molar-refractivity contribution in [3.63, 3.8) is 0 Å². The number of nitrogens with two attached hydrogens (primary N) is 1. The molecule has 0 bridgehead atoms. The van der Waals surface area contributed by atoms with Crippen molar-refractivity contribution in [2.24, 2.45) is 11.7 Å². The molecule has 1 fully saturated rings. The summed E-state index contributed by atoms with van der Waals surface area (Å²) in [6.45, 7) is 1.94. The summed E-state index contributed by atoms with van der Waals surface area (Å²) in [5.41, 5.74) is 5.77. The molecular formula is C12H23N3. The van der Waals surface area contributed by atoms with Gasteiger partial charge in [0.05, 0.1) is 6.07 Å². The van der Waals surface area contributed by atoms with Gasteiger partial charge in [-0.3, -0.25) is 0 Å². The first-order valence-corrected chi connectivity index (χ1v) is 6.07. The third-order valence-electron chi connectivity index (χ3n) is 3.54. The van der Waals surface area contributed by atoms with Gasteiger partial charge in [-0.1, -0.05) is 6.42 Å². The summed E-state index contributed by atoms with van der Waals surface area (Å²) in [6, 6.07) is 2.88. The Morgan fingerprint density at radius 1 is 1.40 bits per heavy atom. The molecule has 2 atom stereocenters. The highest BCUT2D eigenvalue weighted by Gasteiger charge is 2.28. The predicted molar refractivity (Wildman–Crippen MR) is 62.3 cm³/mol. The Morgan fingerprint density at radius 3 is 2.87 bits per heavy atom. The van der Waals surface area contributed by atoms with Gasteiger partial charge in [0.15, 0.2) is 0 Å². The minimum Gasteiger partial charge on any atom is -0.330 e. The topological polar surface area (TPSA) is 53.0 Å². The normalized spacial score (nSPS) is 25.7. The maximum atomic E-state index is 8.44. The average Bonchev–Trinajstić information content (AvgIpc) is 2.72. The van der Waals surface area contributed by atoms with Gasteiger partial charge >= 0.3 is 0 Å². The van der Waals surface area contributed by atoms with E-state index in [1.54, 1.807) is 0 Å². The number of nitrogens with zero attached hydrogens (tertiary/aromatic N) is 2. The van der Waals surface area contributed by atoms with Gasteiger partial charge in [-0.25, -0.2) is 0 Å². The zero-order valence-corrected chi connectivity index (χ0v) is 9.78.